The van der Waals surface area contributed by atoms with Crippen LogP contribution >= 0.6 is 0 Å². The highest BCUT2D eigenvalue weighted by atomic mass is 16.2. The van der Waals surface area contributed by atoms with Gasteiger partial charge in [0.25, 0.3) is 11.8 Å². The Balaban J connectivity index is 1.52. The average molecular weight is 405 g/mol. The maximum Gasteiger partial charge on any atom is 0.264 e. The van der Waals surface area contributed by atoms with E-state index in [0.717, 1.165) is 54.6 Å². The first-order valence-corrected chi connectivity index (χ1v) is 10.2. The van der Waals surface area contributed by atoms with Gasteiger partial charge < -0.3 is 10.6 Å². The molecule has 9 nitrogen and oxygen atoms in total. The third kappa shape index (κ3) is 2.85. The van der Waals surface area contributed by atoms with Crippen molar-refractivity contribution in [2.24, 2.45) is 0 Å². The van der Waals surface area contributed by atoms with Crippen molar-refractivity contribution in [2.75, 3.05) is 17.8 Å². The van der Waals surface area contributed by atoms with Crippen molar-refractivity contribution in [3.63, 3.8) is 0 Å². The molecule has 3 aromatic rings. The maximum atomic E-state index is 12.9. The number of hydrogen-bond acceptors (Lipinski definition) is 6. The van der Waals surface area contributed by atoms with Gasteiger partial charge in [-0.3, -0.25) is 25.0 Å². The van der Waals surface area contributed by atoms with Crippen molar-refractivity contribution in [3.05, 3.63) is 42.1 Å². The lowest BCUT2D eigenvalue weighted by molar-refractivity contribution is -0.131. The summed E-state index contributed by atoms with van der Waals surface area (Å²) in [4.78, 5) is 33.8. The third-order valence-corrected chi connectivity index (χ3v) is 6.01. The van der Waals surface area contributed by atoms with Crippen LogP contribution in [-0.2, 0) is 10.3 Å². The normalized spacial score (nSPS) is 17.2. The van der Waals surface area contributed by atoms with Crippen LogP contribution in [0, 0.1) is 0 Å². The molecule has 1 fully saturated rings. The fourth-order valence-corrected chi connectivity index (χ4v) is 4.48. The summed E-state index contributed by atoms with van der Waals surface area (Å²) in [5.74, 6) is 1.12. The van der Waals surface area contributed by atoms with Crippen molar-refractivity contribution in [1.29, 1.82) is 0 Å². The average Bonchev–Trinajstić information content (AvgIpc) is 3.16. The van der Waals surface area contributed by atoms with E-state index in [1.807, 2.05) is 22.8 Å². The summed E-state index contributed by atoms with van der Waals surface area (Å²) in [7, 11) is 1.60. The van der Waals surface area contributed by atoms with Gasteiger partial charge >= 0.3 is 0 Å². The topological polar surface area (TPSA) is 113 Å². The lowest BCUT2D eigenvalue weighted by Gasteiger charge is -2.41. The minimum Gasteiger partial charge on any atom is -0.355 e. The number of carbonyl (C=O) groups is 2. The van der Waals surface area contributed by atoms with E-state index in [0.29, 0.717) is 11.5 Å². The molecule has 1 saturated carbocycles. The maximum absolute atomic E-state index is 12.9. The van der Waals surface area contributed by atoms with Crippen LogP contribution in [0.4, 0.5) is 17.5 Å². The van der Waals surface area contributed by atoms with Crippen molar-refractivity contribution >= 4 is 40.3 Å². The Morgan fingerprint density at radius 1 is 1.13 bits per heavy atom. The second-order valence-corrected chi connectivity index (χ2v) is 7.79. The second-order valence-electron chi connectivity index (χ2n) is 7.79. The highest BCUT2D eigenvalue weighted by molar-refractivity contribution is 5.95. The molecule has 0 unspecified atom stereocenters. The number of amides is 2. The van der Waals surface area contributed by atoms with E-state index in [2.05, 4.69) is 26.5 Å². The van der Waals surface area contributed by atoms with Crippen molar-refractivity contribution in [1.82, 2.24) is 25.3 Å². The predicted octanol–water partition coefficient (Wildman–Crippen LogP) is 2.65. The van der Waals surface area contributed by atoms with Gasteiger partial charge in [0.1, 0.15) is 17.0 Å². The molecular weight excluding hydrogens is 382 g/mol. The largest absolute Gasteiger partial charge is 0.355 e. The van der Waals surface area contributed by atoms with E-state index < -0.39 is 5.54 Å². The smallest absolute Gasteiger partial charge is 0.264 e. The van der Waals surface area contributed by atoms with Gasteiger partial charge in [-0.2, -0.15) is 4.98 Å². The van der Waals surface area contributed by atoms with Crippen LogP contribution in [0.3, 0.4) is 0 Å². The molecule has 1 aromatic carbocycles. The van der Waals surface area contributed by atoms with Crippen LogP contribution in [-0.4, -0.2) is 33.4 Å². The number of hydrogen-bond donors (Lipinski definition) is 4. The molecule has 1 aliphatic carbocycles. The molecular formula is C21H23N7O2. The highest BCUT2D eigenvalue weighted by Crippen LogP contribution is 2.42. The van der Waals surface area contributed by atoms with Gasteiger partial charge in [-0.05, 0) is 43.2 Å². The standard InChI is InChI=1S/C21H23N7O2/c1-22-18(29)13-5-7-15(8-6-13)24-20-23-12-14-11-16-26-27-19(30)21(9-3-2-4-10-21)28(16)17(14)25-20/h5-8,11-12,26H,2-4,9-10H2,1H3,(H,22,29)(H,27,30)(H,23,24,25). The first-order chi connectivity index (χ1) is 14.6. The Morgan fingerprint density at radius 3 is 2.63 bits per heavy atom. The second kappa shape index (κ2) is 7.01. The van der Waals surface area contributed by atoms with E-state index in [-0.39, 0.29) is 11.8 Å². The zero-order chi connectivity index (χ0) is 20.7. The summed E-state index contributed by atoms with van der Waals surface area (Å²) < 4.78 is 2.04. The van der Waals surface area contributed by atoms with Gasteiger partial charge in [-0.1, -0.05) is 19.3 Å². The number of nitrogens with one attached hydrogen (secondary N) is 4. The molecule has 1 spiro atoms. The fraction of sp³-hybridized carbons (Fsp3) is 0.333. The van der Waals surface area contributed by atoms with Crippen LogP contribution in [0.15, 0.2) is 36.5 Å². The van der Waals surface area contributed by atoms with E-state index in [9.17, 15) is 9.59 Å². The van der Waals surface area contributed by atoms with Gasteiger partial charge in [-0.15, -0.1) is 0 Å². The van der Waals surface area contributed by atoms with Gasteiger partial charge in [0.05, 0.1) is 0 Å². The minimum absolute atomic E-state index is 0.00916. The number of hydrazine groups is 1. The zero-order valence-corrected chi connectivity index (χ0v) is 16.7. The Morgan fingerprint density at radius 2 is 1.90 bits per heavy atom. The Labute approximate surface area is 173 Å². The Hall–Kier alpha value is -3.62. The molecule has 0 atom stereocenters. The van der Waals surface area contributed by atoms with Crippen LogP contribution in [0.5, 0.6) is 0 Å². The Kier molecular flexibility index (Phi) is 4.30. The Bertz CT molecular complexity index is 1130. The van der Waals surface area contributed by atoms with Crippen LogP contribution in [0.2, 0.25) is 0 Å². The number of carbonyl (C=O) groups excluding carboxylic acids is 2. The molecule has 1 aliphatic heterocycles. The van der Waals surface area contributed by atoms with Gasteiger partial charge in [-0.25, -0.2) is 4.98 Å². The molecule has 154 valence electrons. The van der Waals surface area contributed by atoms with E-state index in [1.165, 1.54) is 0 Å². The number of aromatic nitrogens is 3. The molecule has 5 rings (SSSR count). The van der Waals surface area contributed by atoms with Gasteiger partial charge in [0, 0.05) is 29.9 Å². The minimum atomic E-state index is -0.610. The van der Waals surface area contributed by atoms with Crippen LogP contribution in [0.1, 0.15) is 42.5 Å². The molecule has 0 saturated heterocycles. The molecule has 4 N–H and O–H groups in total. The summed E-state index contributed by atoms with van der Waals surface area (Å²) in [6, 6.07) is 9.06. The molecule has 2 aromatic heterocycles. The summed E-state index contributed by atoms with van der Waals surface area (Å²) in [6.45, 7) is 0. The summed E-state index contributed by atoms with van der Waals surface area (Å²) in [5.41, 5.74) is 7.30. The van der Waals surface area contributed by atoms with Crippen LogP contribution in [0.25, 0.3) is 11.0 Å². The van der Waals surface area contributed by atoms with Gasteiger partial charge in [0.15, 0.2) is 0 Å². The van der Waals surface area contributed by atoms with Crippen molar-refractivity contribution < 1.29 is 9.59 Å². The van der Waals surface area contributed by atoms with E-state index in [4.69, 9.17) is 4.98 Å². The molecule has 2 aliphatic rings. The quantitative estimate of drug-likeness (QED) is 0.533. The predicted molar refractivity (Wildman–Crippen MR) is 113 cm³/mol. The van der Waals surface area contributed by atoms with Crippen LogP contribution < -0.4 is 21.5 Å². The zero-order valence-electron chi connectivity index (χ0n) is 16.7. The lowest BCUT2D eigenvalue weighted by atomic mass is 9.80. The molecule has 2 amide bonds. The van der Waals surface area contributed by atoms with Crippen molar-refractivity contribution in [2.45, 2.75) is 37.6 Å². The monoisotopic (exact) mass is 405 g/mol. The molecule has 0 bridgehead atoms. The van der Waals surface area contributed by atoms with E-state index >= 15 is 0 Å². The SMILES string of the molecule is CNC(=O)c1ccc(Nc2ncc3cc4n(c3n2)C2(CCCCC2)C(=O)NN4)cc1. The van der Waals surface area contributed by atoms with E-state index in [1.54, 1.807) is 25.4 Å². The number of nitrogens with zero attached hydrogens (tertiary/aromatic N) is 3. The van der Waals surface area contributed by atoms with Crippen molar-refractivity contribution in [3.8, 4) is 0 Å². The van der Waals surface area contributed by atoms with Gasteiger partial charge in [0.2, 0.25) is 5.95 Å². The number of fused-ring (bicyclic) bond motifs is 4. The number of rotatable bonds is 3. The first kappa shape index (κ1) is 18.4. The molecule has 30 heavy (non-hydrogen) atoms. The summed E-state index contributed by atoms with van der Waals surface area (Å²) in [5, 5.41) is 6.67. The molecule has 9 heteroatoms. The number of benzene rings is 1. The summed E-state index contributed by atoms with van der Waals surface area (Å²) in [6.07, 6.45) is 6.53. The molecule has 3 heterocycles. The highest BCUT2D eigenvalue weighted by Gasteiger charge is 2.46. The summed E-state index contributed by atoms with van der Waals surface area (Å²) >= 11 is 0. The fourth-order valence-electron chi connectivity index (χ4n) is 4.48. The third-order valence-electron chi connectivity index (χ3n) is 6.01. The molecule has 0 radical (unpaired) electrons. The number of anilines is 3. The first-order valence-electron chi connectivity index (χ1n) is 10.2. The lowest BCUT2D eigenvalue weighted by Crippen LogP contribution is -2.55.